The van der Waals surface area contributed by atoms with E-state index in [0.29, 0.717) is 0 Å². The second kappa shape index (κ2) is 7.56. The van der Waals surface area contributed by atoms with Crippen LogP contribution in [0, 0.1) is 0 Å². The van der Waals surface area contributed by atoms with E-state index in [1.165, 1.54) is 0 Å². The van der Waals surface area contributed by atoms with Crippen LogP contribution in [0.5, 0.6) is 0 Å². The van der Waals surface area contributed by atoms with Gasteiger partial charge in [0.15, 0.2) is 6.29 Å². The second-order valence-electron chi connectivity index (χ2n) is 9.56. The number of hydrogen-bond acceptors (Lipinski definition) is 6. The molecule has 0 radical (unpaired) electrons. The highest BCUT2D eigenvalue weighted by Crippen LogP contribution is 2.31. The second-order valence-corrected chi connectivity index (χ2v) is 9.56. The van der Waals surface area contributed by atoms with E-state index in [-0.39, 0.29) is 12.1 Å². The van der Waals surface area contributed by atoms with Gasteiger partial charge in [-0.1, -0.05) is 0 Å². The van der Waals surface area contributed by atoms with Crippen molar-refractivity contribution >= 4 is 0 Å². The van der Waals surface area contributed by atoms with Crippen molar-refractivity contribution in [3.63, 3.8) is 0 Å². The van der Waals surface area contributed by atoms with Gasteiger partial charge >= 0.3 is 0 Å². The van der Waals surface area contributed by atoms with E-state index in [2.05, 4.69) is 5.32 Å². The van der Waals surface area contributed by atoms with Gasteiger partial charge in [0.2, 0.25) is 0 Å². The summed E-state index contributed by atoms with van der Waals surface area (Å²) in [6.07, 6.45) is -2.71. The molecule has 144 valence electrons. The number of nitrogens with one attached hydrogen (secondary N) is 1. The minimum atomic E-state index is -1.09. The molecule has 0 saturated carbocycles. The molecule has 1 fully saturated rings. The maximum atomic E-state index is 10.5. The molecule has 1 saturated heterocycles. The summed E-state index contributed by atoms with van der Waals surface area (Å²) in [5.41, 5.74) is -1.11. The molecule has 0 aromatic carbocycles. The van der Waals surface area contributed by atoms with Crippen molar-refractivity contribution in [2.45, 2.75) is 110 Å². The average molecular weight is 347 g/mol. The quantitative estimate of drug-likeness (QED) is 0.720. The van der Waals surface area contributed by atoms with Crippen LogP contribution in [0.25, 0.3) is 0 Å². The Morgan fingerprint density at radius 1 is 0.875 bits per heavy atom. The summed E-state index contributed by atoms with van der Waals surface area (Å²) in [4.78, 5) is 0. The highest BCUT2D eigenvalue weighted by atomic mass is 16.7. The number of aliphatic hydroxyl groups excluding tert-OH is 2. The molecular formula is C18H37NO5. The molecule has 0 aliphatic carbocycles. The van der Waals surface area contributed by atoms with E-state index in [4.69, 9.17) is 14.2 Å². The predicted octanol–water partition coefficient (Wildman–Crippen LogP) is 1.82. The molecule has 0 bridgehead atoms. The molecule has 0 spiro atoms. The first-order valence-corrected chi connectivity index (χ1v) is 8.71. The van der Waals surface area contributed by atoms with Crippen molar-refractivity contribution in [3.8, 4) is 0 Å². The minimum Gasteiger partial charge on any atom is -0.394 e. The molecule has 1 aliphatic heterocycles. The Kier molecular flexibility index (Phi) is 6.87. The van der Waals surface area contributed by atoms with Crippen molar-refractivity contribution in [1.29, 1.82) is 0 Å². The average Bonchev–Trinajstić information content (AvgIpc) is 2.32. The van der Waals surface area contributed by atoms with E-state index in [9.17, 15) is 10.2 Å². The minimum absolute atomic E-state index is 0.243. The van der Waals surface area contributed by atoms with E-state index < -0.39 is 41.8 Å². The van der Waals surface area contributed by atoms with Gasteiger partial charge in [0.1, 0.15) is 18.3 Å². The molecule has 0 aromatic heterocycles. The standard InChI is InChI=1S/C18H37NO5/c1-16(2,3)19-12-14(24-18(7,8)9)13(23-17(4,5)6)11(10-20)22-15(12)21/h11-15,19-21H,10H2,1-9H3/t11-,12-,13-,14-,15-/m1/s1. The predicted molar refractivity (Wildman–Crippen MR) is 93.9 cm³/mol. The van der Waals surface area contributed by atoms with Gasteiger partial charge < -0.3 is 29.7 Å². The number of rotatable bonds is 4. The third-order valence-corrected chi connectivity index (χ3v) is 3.42. The SMILES string of the molecule is CC(C)(C)N[C@@H]1[C@@H](OC(C)(C)C)[C@H](OC(C)(C)C)[C@@H](CO)O[C@H]1O. The van der Waals surface area contributed by atoms with Crippen LogP contribution in [0.3, 0.4) is 0 Å². The zero-order valence-electron chi connectivity index (χ0n) is 16.7. The summed E-state index contributed by atoms with van der Waals surface area (Å²) >= 11 is 0. The van der Waals surface area contributed by atoms with Gasteiger partial charge in [-0.2, -0.15) is 0 Å². The summed E-state index contributed by atoms with van der Waals surface area (Å²) in [5.74, 6) is 0. The molecular weight excluding hydrogens is 310 g/mol. The van der Waals surface area contributed by atoms with Crippen LogP contribution in [0.1, 0.15) is 62.3 Å². The zero-order valence-corrected chi connectivity index (χ0v) is 16.7. The molecule has 1 rings (SSSR count). The zero-order chi connectivity index (χ0) is 18.9. The Morgan fingerprint density at radius 3 is 1.71 bits per heavy atom. The van der Waals surface area contributed by atoms with Crippen molar-refractivity contribution in [1.82, 2.24) is 5.32 Å². The molecule has 3 N–H and O–H groups in total. The number of hydrogen-bond donors (Lipinski definition) is 3. The Morgan fingerprint density at radius 2 is 1.33 bits per heavy atom. The van der Waals surface area contributed by atoms with Gasteiger partial charge in [-0.15, -0.1) is 0 Å². The van der Waals surface area contributed by atoms with Crippen LogP contribution < -0.4 is 5.32 Å². The lowest BCUT2D eigenvalue weighted by molar-refractivity contribution is -0.299. The number of aliphatic hydroxyl groups is 2. The first-order chi connectivity index (χ1) is 10.6. The topological polar surface area (TPSA) is 80.2 Å². The largest absolute Gasteiger partial charge is 0.394 e. The van der Waals surface area contributed by atoms with Gasteiger partial charge in [0, 0.05) is 5.54 Å². The van der Waals surface area contributed by atoms with Crippen molar-refractivity contribution in [2.75, 3.05) is 6.61 Å². The lowest BCUT2D eigenvalue weighted by atomic mass is 9.92. The summed E-state index contributed by atoms with van der Waals surface area (Å²) < 4.78 is 18.1. The van der Waals surface area contributed by atoms with Crippen molar-refractivity contribution < 1.29 is 24.4 Å². The molecule has 5 atom stereocenters. The van der Waals surface area contributed by atoms with Crippen LogP contribution in [0.2, 0.25) is 0 Å². The van der Waals surface area contributed by atoms with E-state index >= 15 is 0 Å². The Balaban J connectivity index is 3.20. The van der Waals surface area contributed by atoms with Crippen LogP contribution in [-0.2, 0) is 14.2 Å². The molecule has 1 heterocycles. The highest BCUT2D eigenvalue weighted by Gasteiger charge is 2.49. The smallest absolute Gasteiger partial charge is 0.173 e. The summed E-state index contributed by atoms with van der Waals surface area (Å²) in [5, 5.41) is 23.6. The third-order valence-electron chi connectivity index (χ3n) is 3.42. The maximum absolute atomic E-state index is 10.5. The fourth-order valence-electron chi connectivity index (χ4n) is 2.82. The van der Waals surface area contributed by atoms with E-state index in [1.54, 1.807) is 0 Å². The summed E-state index contributed by atoms with van der Waals surface area (Å²) in [6.45, 7) is 17.6. The Hall–Kier alpha value is -0.240. The van der Waals surface area contributed by atoms with E-state index in [1.807, 2.05) is 62.3 Å². The van der Waals surface area contributed by atoms with Gasteiger partial charge in [-0.3, -0.25) is 0 Å². The molecule has 0 aromatic rings. The third kappa shape index (κ3) is 6.94. The first kappa shape index (κ1) is 21.8. The Bertz CT molecular complexity index is 394. The fraction of sp³-hybridized carbons (Fsp3) is 1.00. The van der Waals surface area contributed by atoms with Crippen LogP contribution in [-0.4, -0.2) is 64.2 Å². The molecule has 0 unspecified atom stereocenters. The normalized spacial score (nSPS) is 32.9. The van der Waals surface area contributed by atoms with Gasteiger partial charge in [0.05, 0.1) is 23.9 Å². The molecule has 1 aliphatic rings. The Labute approximate surface area is 146 Å². The maximum Gasteiger partial charge on any atom is 0.173 e. The van der Waals surface area contributed by atoms with Crippen LogP contribution in [0.15, 0.2) is 0 Å². The molecule has 24 heavy (non-hydrogen) atoms. The molecule has 6 nitrogen and oxygen atoms in total. The monoisotopic (exact) mass is 347 g/mol. The van der Waals surface area contributed by atoms with Crippen molar-refractivity contribution in [2.24, 2.45) is 0 Å². The molecule has 0 amide bonds. The van der Waals surface area contributed by atoms with Crippen LogP contribution in [0.4, 0.5) is 0 Å². The van der Waals surface area contributed by atoms with Gasteiger partial charge in [-0.05, 0) is 62.3 Å². The number of ether oxygens (including phenoxy) is 3. The van der Waals surface area contributed by atoms with Gasteiger partial charge in [0.25, 0.3) is 0 Å². The summed E-state index contributed by atoms with van der Waals surface area (Å²) in [7, 11) is 0. The van der Waals surface area contributed by atoms with Gasteiger partial charge in [-0.25, -0.2) is 0 Å². The lowest BCUT2D eigenvalue weighted by Crippen LogP contribution is -2.68. The summed E-state index contributed by atoms with van der Waals surface area (Å²) in [6, 6.07) is -0.473. The lowest BCUT2D eigenvalue weighted by Gasteiger charge is -2.49. The van der Waals surface area contributed by atoms with Crippen LogP contribution >= 0.6 is 0 Å². The highest BCUT2D eigenvalue weighted by molar-refractivity contribution is 4.99. The van der Waals surface area contributed by atoms with E-state index in [0.717, 1.165) is 0 Å². The van der Waals surface area contributed by atoms with Crippen molar-refractivity contribution in [3.05, 3.63) is 0 Å². The first-order valence-electron chi connectivity index (χ1n) is 8.71. The molecule has 6 heteroatoms. The fourth-order valence-corrected chi connectivity index (χ4v) is 2.82.